The van der Waals surface area contributed by atoms with Crippen molar-refractivity contribution in [3.8, 4) is 0 Å². The number of hydrogen-bond donors (Lipinski definition) is 2. The number of nitrogens with zero attached hydrogens (tertiary/aromatic N) is 1. The number of carboxylic acid groups (broad SMARTS) is 1. The van der Waals surface area contributed by atoms with Gasteiger partial charge in [0.15, 0.2) is 0 Å². The van der Waals surface area contributed by atoms with Gasteiger partial charge in [0.05, 0.1) is 11.7 Å². The maximum absolute atomic E-state index is 11.5. The Morgan fingerprint density at radius 1 is 1.53 bits per heavy atom. The maximum Gasteiger partial charge on any atom is 0.326 e. The average Bonchev–Trinajstić information content (AvgIpc) is 2.65. The molecule has 1 heterocycles. The number of amides is 1. The third-order valence-electron chi connectivity index (χ3n) is 1.88. The molecule has 1 atom stereocenters. The standard InChI is InChI=1S/C9H12N2O3S/c1-5(2)7(9(13)14)11-8(12)6-3-10-4-15-6/h3-5,7H,1-2H3,(H,11,12)(H,13,14). The van der Waals surface area contributed by atoms with E-state index in [1.54, 1.807) is 13.8 Å². The molecule has 0 bridgehead atoms. The molecule has 1 aromatic heterocycles. The normalized spacial score (nSPS) is 12.5. The zero-order valence-electron chi connectivity index (χ0n) is 8.43. The summed E-state index contributed by atoms with van der Waals surface area (Å²) >= 11 is 1.18. The number of nitrogens with one attached hydrogen (secondary N) is 1. The van der Waals surface area contributed by atoms with Crippen molar-refractivity contribution in [3.05, 3.63) is 16.6 Å². The van der Waals surface area contributed by atoms with E-state index in [9.17, 15) is 9.59 Å². The van der Waals surface area contributed by atoms with Gasteiger partial charge in [-0.15, -0.1) is 11.3 Å². The highest BCUT2D eigenvalue weighted by molar-refractivity contribution is 7.11. The Morgan fingerprint density at radius 2 is 2.20 bits per heavy atom. The first-order valence-electron chi connectivity index (χ1n) is 4.44. The van der Waals surface area contributed by atoms with E-state index in [-0.39, 0.29) is 5.92 Å². The quantitative estimate of drug-likeness (QED) is 0.805. The lowest BCUT2D eigenvalue weighted by molar-refractivity contribution is -0.140. The van der Waals surface area contributed by atoms with Gasteiger partial charge in [-0.05, 0) is 5.92 Å². The van der Waals surface area contributed by atoms with Crippen molar-refractivity contribution in [1.29, 1.82) is 0 Å². The van der Waals surface area contributed by atoms with Crippen LogP contribution < -0.4 is 5.32 Å². The summed E-state index contributed by atoms with van der Waals surface area (Å²) < 4.78 is 0. The summed E-state index contributed by atoms with van der Waals surface area (Å²) in [6.45, 7) is 3.48. The molecule has 6 heteroatoms. The molecule has 0 spiro atoms. The van der Waals surface area contributed by atoms with Gasteiger partial charge in [-0.1, -0.05) is 13.8 Å². The number of carbonyl (C=O) groups excluding carboxylic acids is 1. The maximum atomic E-state index is 11.5. The molecule has 0 saturated heterocycles. The van der Waals surface area contributed by atoms with Gasteiger partial charge in [0.2, 0.25) is 0 Å². The van der Waals surface area contributed by atoms with E-state index in [0.717, 1.165) is 0 Å². The first-order chi connectivity index (χ1) is 7.02. The van der Waals surface area contributed by atoms with Crippen molar-refractivity contribution in [2.75, 3.05) is 0 Å². The number of hydrogen-bond acceptors (Lipinski definition) is 4. The molecule has 0 radical (unpaired) electrons. The molecule has 0 aliphatic carbocycles. The second kappa shape index (κ2) is 4.88. The molecule has 0 aliphatic heterocycles. The minimum Gasteiger partial charge on any atom is -0.480 e. The molecule has 2 N–H and O–H groups in total. The smallest absolute Gasteiger partial charge is 0.326 e. The summed E-state index contributed by atoms with van der Waals surface area (Å²) in [5.74, 6) is -1.57. The molecule has 0 saturated carbocycles. The summed E-state index contributed by atoms with van der Waals surface area (Å²) in [6, 6.07) is -0.861. The lowest BCUT2D eigenvalue weighted by Crippen LogP contribution is -2.44. The predicted octanol–water partition coefficient (Wildman–Crippen LogP) is 0.982. The van der Waals surface area contributed by atoms with E-state index in [2.05, 4.69) is 10.3 Å². The Labute approximate surface area is 91.1 Å². The van der Waals surface area contributed by atoms with Crippen molar-refractivity contribution < 1.29 is 14.7 Å². The molecule has 82 valence electrons. The van der Waals surface area contributed by atoms with Gasteiger partial charge in [-0.2, -0.15) is 0 Å². The van der Waals surface area contributed by atoms with Crippen LogP contribution in [0.4, 0.5) is 0 Å². The van der Waals surface area contributed by atoms with Crippen LogP contribution in [0.1, 0.15) is 23.5 Å². The minimum absolute atomic E-state index is 0.153. The Kier molecular flexibility index (Phi) is 3.79. The molecule has 5 nitrogen and oxygen atoms in total. The molecule has 0 aromatic carbocycles. The van der Waals surface area contributed by atoms with Gasteiger partial charge in [0.25, 0.3) is 5.91 Å². The van der Waals surface area contributed by atoms with Crippen molar-refractivity contribution >= 4 is 23.2 Å². The van der Waals surface area contributed by atoms with Crippen LogP contribution in [0.2, 0.25) is 0 Å². The molecular weight excluding hydrogens is 216 g/mol. The average molecular weight is 228 g/mol. The van der Waals surface area contributed by atoms with E-state index in [1.165, 1.54) is 23.0 Å². The highest BCUT2D eigenvalue weighted by Crippen LogP contribution is 2.08. The fourth-order valence-electron chi connectivity index (χ4n) is 1.05. The van der Waals surface area contributed by atoms with Crippen LogP contribution in [-0.4, -0.2) is 28.0 Å². The van der Waals surface area contributed by atoms with Crippen LogP contribution in [0.15, 0.2) is 11.7 Å². The van der Waals surface area contributed by atoms with Crippen molar-refractivity contribution in [1.82, 2.24) is 10.3 Å². The summed E-state index contributed by atoms with van der Waals surface area (Å²) in [5, 5.41) is 11.3. The van der Waals surface area contributed by atoms with Crippen LogP contribution in [0.5, 0.6) is 0 Å². The van der Waals surface area contributed by atoms with Crippen LogP contribution in [0, 0.1) is 5.92 Å². The Hall–Kier alpha value is -1.43. The van der Waals surface area contributed by atoms with Gasteiger partial charge >= 0.3 is 5.97 Å². The second-order valence-electron chi connectivity index (χ2n) is 3.40. The number of thiazole rings is 1. The molecule has 0 aliphatic rings. The molecule has 1 rings (SSSR count). The minimum atomic E-state index is -1.03. The topological polar surface area (TPSA) is 79.3 Å². The number of aromatic nitrogens is 1. The van der Waals surface area contributed by atoms with E-state index in [1.807, 2.05) is 0 Å². The third-order valence-corrected chi connectivity index (χ3v) is 2.65. The SMILES string of the molecule is CC(C)C(NC(=O)c1cncs1)C(=O)O. The summed E-state index contributed by atoms with van der Waals surface area (Å²) in [7, 11) is 0. The van der Waals surface area contributed by atoms with Crippen molar-refractivity contribution in [3.63, 3.8) is 0 Å². The Balaban J connectivity index is 2.67. The first-order valence-corrected chi connectivity index (χ1v) is 5.32. The molecule has 0 fully saturated rings. The summed E-state index contributed by atoms with van der Waals surface area (Å²) in [6.07, 6.45) is 1.42. The summed E-state index contributed by atoms with van der Waals surface area (Å²) in [5.41, 5.74) is 1.53. The van der Waals surface area contributed by atoms with Crippen molar-refractivity contribution in [2.24, 2.45) is 5.92 Å². The van der Waals surface area contributed by atoms with Gasteiger partial charge in [-0.3, -0.25) is 9.78 Å². The largest absolute Gasteiger partial charge is 0.480 e. The third kappa shape index (κ3) is 3.02. The number of carbonyl (C=O) groups is 2. The first kappa shape index (κ1) is 11.6. The van der Waals surface area contributed by atoms with Crippen molar-refractivity contribution in [2.45, 2.75) is 19.9 Å². The van der Waals surface area contributed by atoms with E-state index < -0.39 is 17.9 Å². The second-order valence-corrected chi connectivity index (χ2v) is 4.29. The van der Waals surface area contributed by atoms with E-state index in [4.69, 9.17) is 5.11 Å². The molecule has 1 unspecified atom stereocenters. The molecule has 15 heavy (non-hydrogen) atoms. The highest BCUT2D eigenvalue weighted by Gasteiger charge is 2.24. The van der Waals surface area contributed by atoms with Gasteiger partial charge < -0.3 is 10.4 Å². The van der Waals surface area contributed by atoms with Gasteiger partial charge in [0, 0.05) is 0 Å². The number of rotatable bonds is 4. The van der Waals surface area contributed by atoms with Crippen LogP contribution in [0.3, 0.4) is 0 Å². The zero-order valence-corrected chi connectivity index (χ0v) is 9.25. The fraction of sp³-hybridized carbons (Fsp3) is 0.444. The van der Waals surface area contributed by atoms with Crippen LogP contribution in [-0.2, 0) is 4.79 Å². The van der Waals surface area contributed by atoms with E-state index >= 15 is 0 Å². The lowest BCUT2D eigenvalue weighted by Gasteiger charge is -2.16. The monoisotopic (exact) mass is 228 g/mol. The lowest BCUT2D eigenvalue weighted by atomic mass is 10.0. The Morgan fingerprint density at radius 3 is 2.60 bits per heavy atom. The Bertz CT molecular complexity index is 348. The van der Waals surface area contributed by atoms with E-state index in [0.29, 0.717) is 4.88 Å². The van der Waals surface area contributed by atoms with Gasteiger partial charge in [0.1, 0.15) is 10.9 Å². The van der Waals surface area contributed by atoms with Crippen LogP contribution >= 0.6 is 11.3 Å². The van der Waals surface area contributed by atoms with Gasteiger partial charge in [-0.25, -0.2) is 4.79 Å². The molecule has 1 amide bonds. The molecule has 1 aromatic rings. The highest BCUT2D eigenvalue weighted by atomic mass is 32.1. The van der Waals surface area contributed by atoms with Crippen LogP contribution in [0.25, 0.3) is 0 Å². The predicted molar refractivity (Wildman–Crippen MR) is 55.8 cm³/mol. The number of carboxylic acids is 1. The zero-order chi connectivity index (χ0) is 11.4. The fourth-order valence-corrected chi connectivity index (χ4v) is 1.58. The summed E-state index contributed by atoms with van der Waals surface area (Å²) in [4.78, 5) is 26.5. The molecular formula is C9H12N2O3S. The number of aliphatic carboxylic acids is 1.